The van der Waals surface area contributed by atoms with E-state index in [0.29, 0.717) is 12.8 Å². The molecule has 0 fully saturated rings. The fraction of sp³-hybridized carbons (Fsp3) is 0.917. The van der Waals surface area contributed by atoms with Crippen molar-refractivity contribution in [2.75, 3.05) is 0 Å². The molecule has 0 aromatic carbocycles. The molecule has 0 aliphatic rings. The lowest BCUT2D eigenvalue weighted by molar-refractivity contribution is -0.138. The number of unbranched alkanes of at least 4 members (excludes halogenated alkanes) is 6. The van der Waals surface area contributed by atoms with Crippen LogP contribution in [0, 0.1) is 0 Å². The average molecular weight is 330 g/mol. The van der Waals surface area contributed by atoms with E-state index in [2.05, 4.69) is 11.1 Å². The van der Waals surface area contributed by atoms with E-state index in [1.54, 1.807) is 0 Å². The summed E-state index contributed by atoms with van der Waals surface area (Å²) in [4.78, 5) is 10.5. The fourth-order valence-electron chi connectivity index (χ4n) is 1.88. The van der Waals surface area contributed by atoms with E-state index in [4.69, 9.17) is 9.66 Å². The Morgan fingerprint density at radius 1 is 1.05 bits per heavy atom. The molecule has 0 aliphatic carbocycles. The van der Waals surface area contributed by atoms with Gasteiger partial charge in [0.15, 0.2) is 0 Å². The van der Waals surface area contributed by atoms with Gasteiger partial charge in [-0.3, -0.25) is 9.35 Å². The molecule has 0 radical (unpaired) electrons. The van der Waals surface area contributed by atoms with E-state index in [1.807, 2.05) is 0 Å². The Labute approximate surface area is 127 Å². The number of rotatable bonds is 12. The molecule has 0 aliphatic heterocycles. The summed E-state index contributed by atoms with van der Waals surface area (Å²) in [6.07, 6.45) is 6.29. The van der Waals surface area contributed by atoms with Crippen LogP contribution in [-0.2, 0) is 19.4 Å². The van der Waals surface area contributed by atoms with Crippen LogP contribution in [0.5, 0.6) is 0 Å². The maximum absolute atomic E-state index is 10.6. The first-order chi connectivity index (χ1) is 8.85. The number of aliphatic carboxylic acids is 1. The standard InChI is InChI=1S/C12H24O6S.2H3N/c1-2-3-4-5-6-7-8-9-11(10-12(13)14)18-19(15,16)17;;/h11H,2-10H2,1H3,(H,13,14)(H,15,16,17);2*1H3. The van der Waals surface area contributed by atoms with Gasteiger partial charge in [-0.25, -0.2) is 4.18 Å². The molecule has 0 saturated heterocycles. The zero-order valence-electron chi connectivity index (χ0n) is 12.8. The second-order valence-corrected chi connectivity index (χ2v) is 5.70. The molecule has 1 unspecified atom stereocenters. The normalized spacial score (nSPS) is 12.1. The highest BCUT2D eigenvalue weighted by molar-refractivity contribution is 7.80. The number of carboxylic acids is 1. The highest BCUT2D eigenvalue weighted by Gasteiger charge is 2.19. The van der Waals surface area contributed by atoms with Crippen molar-refractivity contribution in [3.63, 3.8) is 0 Å². The van der Waals surface area contributed by atoms with Crippen molar-refractivity contribution in [2.24, 2.45) is 0 Å². The molecule has 0 bridgehead atoms. The Balaban J connectivity index is -0.00000162. The van der Waals surface area contributed by atoms with E-state index < -0.39 is 28.9 Å². The second kappa shape index (κ2) is 14.2. The van der Waals surface area contributed by atoms with Gasteiger partial charge in [0.2, 0.25) is 0 Å². The van der Waals surface area contributed by atoms with Crippen LogP contribution >= 0.6 is 0 Å². The van der Waals surface area contributed by atoms with Gasteiger partial charge in [-0.15, -0.1) is 0 Å². The van der Waals surface area contributed by atoms with Crippen LogP contribution in [0.3, 0.4) is 0 Å². The lowest BCUT2D eigenvalue weighted by Crippen LogP contribution is -2.21. The van der Waals surface area contributed by atoms with Crippen molar-refractivity contribution >= 4 is 16.4 Å². The largest absolute Gasteiger partial charge is 0.481 e. The highest BCUT2D eigenvalue weighted by atomic mass is 32.3. The molecule has 1 atom stereocenters. The molecule has 0 rings (SSSR count). The highest BCUT2D eigenvalue weighted by Crippen LogP contribution is 2.14. The maximum atomic E-state index is 10.6. The van der Waals surface area contributed by atoms with Crippen LogP contribution in [0.4, 0.5) is 0 Å². The van der Waals surface area contributed by atoms with Crippen LogP contribution < -0.4 is 12.3 Å². The van der Waals surface area contributed by atoms with E-state index in [9.17, 15) is 13.2 Å². The molecule has 9 heteroatoms. The van der Waals surface area contributed by atoms with E-state index >= 15 is 0 Å². The van der Waals surface area contributed by atoms with Gasteiger partial charge < -0.3 is 17.4 Å². The minimum absolute atomic E-state index is 0. The number of hydrogen-bond acceptors (Lipinski definition) is 6. The zero-order chi connectivity index (χ0) is 14.7. The van der Waals surface area contributed by atoms with Crippen molar-refractivity contribution in [1.82, 2.24) is 12.3 Å². The van der Waals surface area contributed by atoms with Crippen LogP contribution in [-0.4, -0.2) is 30.2 Å². The number of carbonyl (C=O) groups is 1. The van der Waals surface area contributed by atoms with Crippen LogP contribution in [0.2, 0.25) is 0 Å². The molecule has 0 heterocycles. The van der Waals surface area contributed by atoms with Crippen molar-refractivity contribution in [2.45, 2.75) is 70.8 Å². The number of carboxylic acid groups (broad SMARTS) is 1. The summed E-state index contributed by atoms with van der Waals surface area (Å²) in [7, 11) is -4.59. The molecule has 21 heavy (non-hydrogen) atoms. The Hall–Kier alpha value is -0.740. The summed E-state index contributed by atoms with van der Waals surface area (Å²) >= 11 is 0. The first-order valence-electron chi connectivity index (χ1n) is 6.72. The van der Waals surface area contributed by atoms with Gasteiger partial charge in [-0.1, -0.05) is 51.9 Å². The first-order valence-corrected chi connectivity index (χ1v) is 8.09. The van der Waals surface area contributed by atoms with Gasteiger partial charge in [-0.05, 0) is 6.42 Å². The fourth-order valence-corrected chi connectivity index (χ4v) is 2.39. The lowest BCUT2D eigenvalue weighted by Gasteiger charge is -2.13. The summed E-state index contributed by atoms with van der Waals surface area (Å²) in [6.45, 7) is 2.14. The first kappa shape index (κ1) is 25.2. The lowest BCUT2D eigenvalue weighted by atomic mass is 10.1. The Morgan fingerprint density at radius 2 is 1.52 bits per heavy atom. The van der Waals surface area contributed by atoms with Crippen LogP contribution in [0.15, 0.2) is 0 Å². The van der Waals surface area contributed by atoms with Gasteiger partial charge in [0.25, 0.3) is 0 Å². The van der Waals surface area contributed by atoms with Crippen LogP contribution in [0.25, 0.3) is 0 Å². The summed E-state index contributed by atoms with van der Waals surface area (Å²) in [6, 6.07) is 0. The predicted octanol–water partition coefficient (Wildman–Crippen LogP) is 3.11. The van der Waals surface area contributed by atoms with Crippen LogP contribution in [0.1, 0.15) is 64.7 Å². The van der Waals surface area contributed by atoms with Gasteiger partial charge in [-0.2, -0.15) is 8.42 Å². The third-order valence-electron chi connectivity index (χ3n) is 2.79. The molecular weight excluding hydrogens is 300 g/mol. The van der Waals surface area contributed by atoms with Crippen molar-refractivity contribution < 1.29 is 27.1 Å². The summed E-state index contributed by atoms with van der Waals surface area (Å²) in [5, 5.41) is 8.62. The molecule has 0 aromatic heterocycles. The Morgan fingerprint density at radius 3 is 1.95 bits per heavy atom. The molecular formula is C12H30N2O6S. The van der Waals surface area contributed by atoms with Gasteiger partial charge >= 0.3 is 16.4 Å². The minimum Gasteiger partial charge on any atom is -0.481 e. The van der Waals surface area contributed by atoms with E-state index in [-0.39, 0.29) is 12.3 Å². The SMILES string of the molecule is CCCCCCCCCC(CC(=O)O)OS(=O)(=O)O.N.N. The third kappa shape index (κ3) is 19.3. The second-order valence-electron chi connectivity index (χ2n) is 4.65. The van der Waals surface area contributed by atoms with Crippen molar-refractivity contribution in [1.29, 1.82) is 0 Å². The Kier molecular flexibility index (Phi) is 17.1. The number of hydrogen-bond donors (Lipinski definition) is 4. The maximum Gasteiger partial charge on any atom is 0.397 e. The minimum atomic E-state index is -4.59. The summed E-state index contributed by atoms with van der Waals surface area (Å²) in [5.74, 6) is -1.14. The Bertz CT molecular complexity index is 348. The zero-order valence-corrected chi connectivity index (χ0v) is 13.6. The van der Waals surface area contributed by atoms with Gasteiger partial charge in [0, 0.05) is 0 Å². The predicted molar refractivity (Wildman–Crippen MR) is 81.3 cm³/mol. The van der Waals surface area contributed by atoms with E-state index in [0.717, 1.165) is 19.3 Å². The topological polar surface area (TPSA) is 171 Å². The van der Waals surface area contributed by atoms with Crippen molar-refractivity contribution in [3.05, 3.63) is 0 Å². The molecule has 0 amide bonds. The molecule has 0 saturated carbocycles. The molecule has 8 nitrogen and oxygen atoms in total. The summed E-state index contributed by atoms with van der Waals surface area (Å²) < 4.78 is 34.0. The summed E-state index contributed by atoms with van der Waals surface area (Å²) in [5.41, 5.74) is 0. The van der Waals surface area contributed by atoms with Gasteiger partial charge in [0.05, 0.1) is 12.5 Å². The van der Waals surface area contributed by atoms with E-state index in [1.165, 1.54) is 19.3 Å². The molecule has 0 spiro atoms. The smallest absolute Gasteiger partial charge is 0.397 e. The average Bonchev–Trinajstić information content (AvgIpc) is 2.24. The molecule has 0 aromatic rings. The van der Waals surface area contributed by atoms with Crippen molar-refractivity contribution in [3.8, 4) is 0 Å². The van der Waals surface area contributed by atoms with Gasteiger partial charge in [0.1, 0.15) is 0 Å². The molecule has 8 N–H and O–H groups in total. The third-order valence-corrected chi connectivity index (χ3v) is 3.30. The molecule has 130 valence electrons. The monoisotopic (exact) mass is 330 g/mol. The quantitative estimate of drug-likeness (QED) is 0.312.